The largest absolute Gasteiger partial charge is 0.695 e. The van der Waals surface area contributed by atoms with Crippen molar-refractivity contribution in [2.45, 2.75) is 11.4 Å². The number of rotatable bonds is 2. The maximum Gasteiger partial charge on any atom is 0.695 e. The minimum absolute atomic E-state index is 0.117. The van der Waals surface area contributed by atoms with Crippen molar-refractivity contribution in [1.29, 1.82) is 0 Å². The Balaban J connectivity index is 1.75. The first-order valence-electron chi connectivity index (χ1n) is 3.55. The highest BCUT2D eigenvalue weighted by Crippen LogP contribution is 2.60. The molecule has 0 spiro atoms. The van der Waals surface area contributed by atoms with E-state index in [4.69, 9.17) is 0 Å². The fourth-order valence-corrected chi connectivity index (χ4v) is 4.73. The van der Waals surface area contributed by atoms with Crippen LogP contribution < -0.4 is 0 Å². The van der Waals surface area contributed by atoms with E-state index in [1.807, 2.05) is 0 Å². The number of carbonyl (C=O) groups excluding carboxylic acids is 1. The third-order valence-corrected chi connectivity index (χ3v) is 6.40. The van der Waals surface area contributed by atoms with Crippen LogP contribution in [-0.2, 0) is 21.2 Å². The minimum atomic E-state index is -4.21. The SMILES string of the molecule is O=C1OCC([CH2][Al]2[O]P(=O)(F)[O]2)O1. The van der Waals surface area contributed by atoms with E-state index in [2.05, 4.69) is 16.6 Å². The summed E-state index contributed by atoms with van der Waals surface area (Å²) in [7, 11) is -4.21. The van der Waals surface area contributed by atoms with Crippen LogP contribution in [0.4, 0.5) is 8.99 Å². The molecule has 2 rings (SSSR count). The number of carbonyl (C=O) groups is 1. The normalized spacial score (nSPS) is 30.7. The van der Waals surface area contributed by atoms with Gasteiger partial charge in [-0.3, -0.25) is 0 Å². The molecule has 1 atom stereocenters. The molecule has 2 aliphatic rings. The lowest BCUT2D eigenvalue weighted by molar-refractivity contribution is 0.119. The van der Waals surface area contributed by atoms with Crippen LogP contribution in [0.2, 0.25) is 5.28 Å². The Morgan fingerprint density at radius 1 is 1.62 bits per heavy atom. The third-order valence-electron chi connectivity index (χ3n) is 1.59. The summed E-state index contributed by atoms with van der Waals surface area (Å²) in [5.74, 6) is 0. The average Bonchev–Trinajstić information content (AvgIpc) is 2.31. The van der Waals surface area contributed by atoms with Crippen LogP contribution in [-0.4, -0.2) is 33.7 Å². The van der Waals surface area contributed by atoms with Gasteiger partial charge < -0.3 is 16.6 Å². The smallest absolute Gasteiger partial charge is 0.430 e. The van der Waals surface area contributed by atoms with Gasteiger partial charge >= 0.3 is 28.9 Å². The van der Waals surface area contributed by atoms with Crippen LogP contribution in [0.1, 0.15) is 0 Å². The number of halogens is 1. The van der Waals surface area contributed by atoms with Gasteiger partial charge in [-0.15, -0.1) is 4.20 Å². The van der Waals surface area contributed by atoms with Crippen LogP contribution in [0, 0.1) is 0 Å². The van der Waals surface area contributed by atoms with Crippen LogP contribution in [0.5, 0.6) is 0 Å². The van der Waals surface area contributed by atoms with Gasteiger partial charge in [0.2, 0.25) is 0 Å². The summed E-state index contributed by atoms with van der Waals surface area (Å²) in [5.41, 5.74) is 0. The fraction of sp³-hybridized carbons (Fsp3) is 0.750. The van der Waals surface area contributed by atoms with Crippen LogP contribution in [0.3, 0.4) is 0 Å². The topological polar surface area (TPSA) is 71.1 Å². The lowest BCUT2D eigenvalue weighted by Crippen LogP contribution is -2.33. The lowest BCUT2D eigenvalue weighted by Gasteiger charge is -2.26. The van der Waals surface area contributed by atoms with Gasteiger partial charge in [-0.25, -0.2) is 9.36 Å². The Kier molecular flexibility index (Phi) is 2.34. The lowest BCUT2D eigenvalue weighted by atomic mass is 10.4. The first-order valence-corrected chi connectivity index (χ1v) is 6.74. The van der Waals surface area contributed by atoms with Crippen molar-refractivity contribution < 1.29 is 30.2 Å². The summed E-state index contributed by atoms with van der Waals surface area (Å²) in [6.45, 7) is 0.117. The molecule has 0 saturated carbocycles. The standard InChI is InChI=1S/C4H5O3.Al.FH2O3P/c1-3-2-6-4(5)7-3;;1-5(2,3)4/h3H,1-2H2;;(H2,2,3,4)/q;+2;/p-2. The molecular weight excluding hydrogens is 221 g/mol. The zero-order chi connectivity index (χ0) is 9.47. The average molecular weight is 226 g/mol. The van der Waals surface area contributed by atoms with Crippen molar-refractivity contribution in [2.75, 3.05) is 6.61 Å². The van der Waals surface area contributed by atoms with E-state index < -0.39 is 35.0 Å². The van der Waals surface area contributed by atoms with Crippen molar-refractivity contribution in [3.05, 3.63) is 0 Å². The third kappa shape index (κ3) is 2.22. The summed E-state index contributed by atoms with van der Waals surface area (Å²) < 4.78 is 40.4. The van der Waals surface area contributed by atoms with Gasteiger partial charge in [-0.1, -0.05) is 0 Å². The number of cyclic esters (lactones) is 2. The summed E-state index contributed by atoms with van der Waals surface area (Å²) in [6.07, 6.45) is -1.20. The molecule has 0 aromatic heterocycles. The Hall–Kier alpha value is -0.118. The predicted octanol–water partition coefficient (Wildman–Crippen LogP) is 1.13. The van der Waals surface area contributed by atoms with Crippen LogP contribution in [0.25, 0.3) is 0 Å². The van der Waals surface area contributed by atoms with Crippen molar-refractivity contribution in [3.8, 4) is 0 Å². The summed E-state index contributed by atoms with van der Waals surface area (Å²) in [4.78, 5) is 10.4. The molecule has 2 saturated heterocycles. The van der Waals surface area contributed by atoms with E-state index in [-0.39, 0.29) is 11.9 Å². The molecule has 6 nitrogen and oxygen atoms in total. The molecule has 0 N–H and O–H groups in total. The van der Waals surface area contributed by atoms with Gasteiger partial charge in [0.1, 0.15) is 12.7 Å². The van der Waals surface area contributed by atoms with Gasteiger partial charge in [0, 0.05) is 5.28 Å². The number of ether oxygens (including phenoxy) is 2. The summed E-state index contributed by atoms with van der Waals surface area (Å²) in [6, 6.07) is 0. The van der Waals surface area contributed by atoms with Gasteiger partial charge in [0.05, 0.1) is 0 Å². The zero-order valence-electron chi connectivity index (χ0n) is 6.34. The molecule has 0 amide bonds. The predicted molar refractivity (Wildman–Crippen MR) is 37.7 cm³/mol. The van der Waals surface area contributed by atoms with E-state index in [0.29, 0.717) is 0 Å². The summed E-state index contributed by atoms with van der Waals surface area (Å²) in [5, 5.41) is 0.264. The molecule has 0 bridgehead atoms. The van der Waals surface area contributed by atoms with Gasteiger partial charge in [-0.05, 0) is 0 Å². The Bertz CT molecular complexity index is 274. The molecule has 9 heteroatoms. The van der Waals surface area contributed by atoms with Crippen molar-refractivity contribution in [2.24, 2.45) is 0 Å². The summed E-state index contributed by atoms with van der Waals surface area (Å²) >= 11 is -2.20. The van der Waals surface area contributed by atoms with Crippen molar-refractivity contribution >= 4 is 28.9 Å². The van der Waals surface area contributed by atoms with Gasteiger partial charge in [-0.2, -0.15) is 0 Å². The Morgan fingerprint density at radius 2 is 2.31 bits per heavy atom. The highest BCUT2D eigenvalue weighted by Gasteiger charge is 2.53. The quantitative estimate of drug-likeness (QED) is 0.399. The maximum atomic E-state index is 12.2. The van der Waals surface area contributed by atoms with Crippen LogP contribution in [0.15, 0.2) is 0 Å². The highest BCUT2D eigenvalue weighted by atomic mass is 31.2. The van der Waals surface area contributed by atoms with E-state index in [1.54, 1.807) is 0 Å². The second-order valence-corrected chi connectivity index (χ2v) is 6.49. The minimum Gasteiger partial charge on any atom is -0.430 e. The zero-order valence-corrected chi connectivity index (χ0v) is 8.39. The molecule has 1 unspecified atom stereocenters. The van der Waals surface area contributed by atoms with Crippen LogP contribution >= 0.6 is 7.91 Å². The Morgan fingerprint density at radius 3 is 2.77 bits per heavy atom. The first-order chi connectivity index (χ1) is 6.05. The maximum absolute atomic E-state index is 12.2. The fourth-order valence-electron chi connectivity index (χ4n) is 1.07. The molecule has 13 heavy (non-hydrogen) atoms. The molecule has 0 aromatic carbocycles. The molecule has 0 radical (unpaired) electrons. The molecule has 72 valence electrons. The second kappa shape index (κ2) is 3.23. The molecular formula is C4H5AlFO6P. The Labute approximate surface area is 77.6 Å². The first kappa shape index (κ1) is 9.44. The van der Waals surface area contributed by atoms with Gasteiger partial charge in [0.15, 0.2) is 0 Å². The van der Waals surface area contributed by atoms with Gasteiger partial charge in [0.25, 0.3) is 0 Å². The van der Waals surface area contributed by atoms with Crippen molar-refractivity contribution in [3.63, 3.8) is 0 Å². The molecule has 2 fully saturated rings. The molecule has 0 aliphatic carbocycles. The molecule has 2 aliphatic heterocycles. The monoisotopic (exact) mass is 226 g/mol. The number of hydrogen-bond acceptors (Lipinski definition) is 6. The van der Waals surface area contributed by atoms with E-state index in [1.165, 1.54) is 0 Å². The second-order valence-electron chi connectivity index (χ2n) is 2.61. The number of hydrogen-bond donors (Lipinski definition) is 0. The van der Waals surface area contributed by atoms with E-state index >= 15 is 0 Å². The van der Waals surface area contributed by atoms with E-state index in [9.17, 15) is 13.6 Å². The highest BCUT2D eigenvalue weighted by molar-refractivity contribution is 7.54. The van der Waals surface area contributed by atoms with E-state index in [0.717, 1.165) is 0 Å². The van der Waals surface area contributed by atoms with Crippen molar-refractivity contribution in [1.82, 2.24) is 0 Å². The molecule has 0 aromatic rings. The molecule has 2 heterocycles.